The van der Waals surface area contributed by atoms with Crippen molar-refractivity contribution in [2.45, 2.75) is 26.1 Å². The fourth-order valence-corrected chi connectivity index (χ4v) is 0.654. The fourth-order valence-electron chi connectivity index (χ4n) is 0.654. The standard InChI is InChI=1S/C8H14F3NO2/c1-6(2)14-4-7(13)3-12-5-8(9,10)11/h6,12H,3-5H2,1-2H3. The normalized spacial score (nSPS) is 12.1. The molecule has 0 amide bonds. The second-order valence-corrected chi connectivity index (χ2v) is 3.12. The van der Waals surface area contributed by atoms with E-state index in [2.05, 4.69) is 0 Å². The maximum absolute atomic E-state index is 11.6. The van der Waals surface area contributed by atoms with Gasteiger partial charge in [-0.3, -0.25) is 4.79 Å². The number of rotatable bonds is 6. The second kappa shape index (κ2) is 5.98. The molecule has 84 valence electrons. The van der Waals surface area contributed by atoms with Gasteiger partial charge in [0.15, 0.2) is 5.78 Å². The lowest BCUT2D eigenvalue weighted by Gasteiger charge is -2.09. The van der Waals surface area contributed by atoms with Crippen LogP contribution >= 0.6 is 0 Å². The monoisotopic (exact) mass is 213 g/mol. The van der Waals surface area contributed by atoms with Gasteiger partial charge < -0.3 is 10.1 Å². The third-order valence-electron chi connectivity index (χ3n) is 1.23. The van der Waals surface area contributed by atoms with Crippen molar-refractivity contribution in [1.82, 2.24) is 5.32 Å². The first-order valence-corrected chi connectivity index (χ1v) is 4.22. The van der Waals surface area contributed by atoms with Gasteiger partial charge in [0, 0.05) is 0 Å². The molecule has 0 saturated heterocycles. The van der Waals surface area contributed by atoms with Gasteiger partial charge in [-0.25, -0.2) is 0 Å². The lowest BCUT2D eigenvalue weighted by Crippen LogP contribution is -2.34. The number of hydrogen-bond donors (Lipinski definition) is 1. The van der Waals surface area contributed by atoms with E-state index in [1.165, 1.54) is 0 Å². The summed E-state index contributed by atoms with van der Waals surface area (Å²) >= 11 is 0. The van der Waals surface area contributed by atoms with Crippen LogP contribution in [0.15, 0.2) is 0 Å². The molecule has 0 atom stereocenters. The lowest BCUT2D eigenvalue weighted by molar-refractivity contribution is -0.130. The zero-order valence-electron chi connectivity index (χ0n) is 8.15. The van der Waals surface area contributed by atoms with Crippen molar-refractivity contribution in [2.75, 3.05) is 19.7 Å². The number of nitrogens with one attached hydrogen (secondary N) is 1. The van der Waals surface area contributed by atoms with Gasteiger partial charge in [0.05, 0.1) is 19.2 Å². The number of ether oxygens (including phenoxy) is 1. The van der Waals surface area contributed by atoms with Gasteiger partial charge >= 0.3 is 6.18 Å². The number of carbonyl (C=O) groups is 1. The summed E-state index contributed by atoms with van der Waals surface area (Å²) in [5.41, 5.74) is 0. The minimum atomic E-state index is -4.28. The highest BCUT2D eigenvalue weighted by Crippen LogP contribution is 2.11. The Morgan fingerprint density at radius 3 is 2.43 bits per heavy atom. The molecule has 1 N–H and O–H groups in total. The molecule has 0 aliphatic carbocycles. The molecule has 0 aliphatic rings. The Morgan fingerprint density at radius 2 is 2.00 bits per heavy atom. The number of hydrogen-bond acceptors (Lipinski definition) is 3. The van der Waals surface area contributed by atoms with Gasteiger partial charge in [0.25, 0.3) is 0 Å². The van der Waals surface area contributed by atoms with E-state index in [4.69, 9.17) is 4.74 Å². The summed E-state index contributed by atoms with van der Waals surface area (Å²) < 4.78 is 39.8. The molecular weight excluding hydrogens is 199 g/mol. The summed E-state index contributed by atoms with van der Waals surface area (Å²) in [5.74, 6) is -0.386. The first kappa shape index (κ1) is 13.4. The van der Waals surface area contributed by atoms with Crippen LogP contribution in [0, 0.1) is 0 Å². The molecule has 0 heterocycles. The Balaban J connectivity index is 3.46. The molecule has 0 aliphatic heterocycles. The summed E-state index contributed by atoms with van der Waals surface area (Å²) in [6, 6.07) is 0. The molecule has 0 aromatic carbocycles. The van der Waals surface area contributed by atoms with E-state index in [0.717, 1.165) is 0 Å². The maximum Gasteiger partial charge on any atom is 0.401 e. The van der Waals surface area contributed by atoms with Gasteiger partial charge in [-0.05, 0) is 13.8 Å². The van der Waals surface area contributed by atoms with Crippen LogP contribution in [0.4, 0.5) is 13.2 Å². The Kier molecular flexibility index (Phi) is 5.71. The fraction of sp³-hybridized carbons (Fsp3) is 0.875. The Bertz CT molecular complexity index is 180. The number of carbonyl (C=O) groups excluding carboxylic acids is 1. The van der Waals surface area contributed by atoms with Crippen molar-refractivity contribution in [3.63, 3.8) is 0 Å². The summed E-state index contributed by atoms with van der Waals surface area (Å²) in [4.78, 5) is 10.9. The Hall–Kier alpha value is -0.620. The molecular formula is C8H14F3NO2. The van der Waals surface area contributed by atoms with Crippen LogP contribution in [0.25, 0.3) is 0 Å². The van der Waals surface area contributed by atoms with Crippen LogP contribution < -0.4 is 5.32 Å². The van der Waals surface area contributed by atoms with Gasteiger partial charge in [-0.15, -0.1) is 0 Å². The minimum Gasteiger partial charge on any atom is -0.371 e. The van der Waals surface area contributed by atoms with Crippen molar-refractivity contribution in [3.8, 4) is 0 Å². The number of alkyl halides is 3. The summed E-state index contributed by atoms with van der Waals surface area (Å²) in [6.45, 7) is 1.88. The Labute approximate surface area is 80.6 Å². The highest BCUT2D eigenvalue weighted by Gasteiger charge is 2.26. The van der Waals surface area contributed by atoms with E-state index in [9.17, 15) is 18.0 Å². The number of Topliss-reactive ketones (excluding diaryl/α,β-unsaturated/α-hetero) is 1. The second-order valence-electron chi connectivity index (χ2n) is 3.12. The molecule has 0 rings (SSSR count). The highest BCUT2D eigenvalue weighted by molar-refractivity contribution is 5.81. The summed E-state index contributed by atoms with van der Waals surface area (Å²) in [7, 11) is 0. The molecule has 0 bridgehead atoms. The van der Waals surface area contributed by atoms with Crippen LogP contribution in [0.5, 0.6) is 0 Å². The molecule has 0 aromatic heterocycles. The van der Waals surface area contributed by atoms with E-state index in [1.807, 2.05) is 5.32 Å². The molecule has 3 nitrogen and oxygen atoms in total. The van der Waals surface area contributed by atoms with E-state index in [0.29, 0.717) is 0 Å². The SMILES string of the molecule is CC(C)OCC(=O)CNCC(F)(F)F. The molecule has 0 radical (unpaired) electrons. The minimum absolute atomic E-state index is 0.0958. The Morgan fingerprint density at radius 1 is 1.43 bits per heavy atom. The predicted octanol–water partition coefficient (Wildman–Crippen LogP) is 1.13. The molecule has 0 unspecified atom stereocenters. The largest absolute Gasteiger partial charge is 0.401 e. The van der Waals surface area contributed by atoms with Crippen molar-refractivity contribution in [1.29, 1.82) is 0 Å². The third kappa shape index (κ3) is 9.47. The van der Waals surface area contributed by atoms with Gasteiger partial charge in [-0.2, -0.15) is 13.2 Å². The van der Waals surface area contributed by atoms with E-state index in [1.54, 1.807) is 13.8 Å². The molecule has 0 saturated carbocycles. The number of ketones is 1. The quantitative estimate of drug-likeness (QED) is 0.718. The topological polar surface area (TPSA) is 38.3 Å². The van der Waals surface area contributed by atoms with Crippen LogP contribution in [-0.4, -0.2) is 37.8 Å². The van der Waals surface area contributed by atoms with Crippen molar-refractivity contribution in [3.05, 3.63) is 0 Å². The van der Waals surface area contributed by atoms with Gasteiger partial charge in [0.2, 0.25) is 0 Å². The van der Waals surface area contributed by atoms with E-state index >= 15 is 0 Å². The average molecular weight is 213 g/mol. The third-order valence-corrected chi connectivity index (χ3v) is 1.23. The van der Waals surface area contributed by atoms with Crippen molar-refractivity contribution >= 4 is 5.78 Å². The number of halogens is 3. The highest BCUT2D eigenvalue weighted by atomic mass is 19.4. The van der Waals surface area contributed by atoms with Gasteiger partial charge in [-0.1, -0.05) is 0 Å². The molecule has 0 fully saturated rings. The van der Waals surface area contributed by atoms with Crippen molar-refractivity contribution in [2.24, 2.45) is 0 Å². The van der Waals surface area contributed by atoms with E-state index < -0.39 is 12.7 Å². The first-order chi connectivity index (χ1) is 6.31. The predicted molar refractivity (Wildman–Crippen MR) is 45.0 cm³/mol. The lowest BCUT2D eigenvalue weighted by atomic mass is 10.4. The van der Waals surface area contributed by atoms with Crippen LogP contribution in [0.1, 0.15) is 13.8 Å². The van der Waals surface area contributed by atoms with Crippen LogP contribution in [0.2, 0.25) is 0 Å². The summed E-state index contributed by atoms with van der Waals surface area (Å²) in [5, 5.41) is 1.99. The maximum atomic E-state index is 11.6. The zero-order chi connectivity index (χ0) is 11.2. The molecule has 6 heteroatoms. The smallest absolute Gasteiger partial charge is 0.371 e. The van der Waals surface area contributed by atoms with Crippen molar-refractivity contribution < 1.29 is 22.7 Å². The summed E-state index contributed by atoms with van der Waals surface area (Å²) in [6.07, 6.45) is -4.37. The van der Waals surface area contributed by atoms with Crippen LogP contribution in [-0.2, 0) is 9.53 Å². The van der Waals surface area contributed by atoms with Gasteiger partial charge in [0.1, 0.15) is 6.61 Å². The average Bonchev–Trinajstić information content (AvgIpc) is 1.98. The zero-order valence-corrected chi connectivity index (χ0v) is 8.15. The molecule has 0 spiro atoms. The molecule has 14 heavy (non-hydrogen) atoms. The van der Waals surface area contributed by atoms with Crippen LogP contribution in [0.3, 0.4) is 0 Å². The van der Waals surface area contributed by atoms with E-state index in [-0.39, 0.29) is 25.0 Å². The molecule has 0 aromatic rings. The first-order valence-electron chi connectivity index (χ1n) is 4.22.